The Morgan fingerprint density at radius 1 is 0.266 bits per heavy atom. The summed E-state index contributed by atoms with van der Waals surface area (Å²) in [6.45, 7) is 0. The van der Waals surface area contributed by atoms with Crippen molar-refractivity contribution in [2.24, 2.45) is 0 Å². The van der Waals surface area contributed by atoms with Crippen molar-refractivity contribution >= 4 is 87.4 Å². The summed E-state index contributed by atoms with van der Waals surface area (Å²) >= 11 is 0. The Bertz CT molecular complexity index is 4130. The summed E-state index contributed by atoms with van der Waals surface area (Å²) in [5.41, 5.74) is 16.9. The second kappa shape index (κ2) is 13.4. The van der Waals surface area contributed by atoms with Crippen LogP contribution in [0.15, 0.2) is 229 Å². The van der Waals surface area contributed by atoms with Gasteiger partial charge in [-0.2, -0.15) is 0 Å². The lowest BCUT2D eigenvalue weighted by molar-refractivity contribution is 0.669. The van der Waals surface area contributed by atoms with E-state index in [1.54, 1.807) is 0 Å². The summed E-state index contributed by atoms with van der Waals surface area (Å²) in [6, 6.07) is 81.4. The number of rotatable bonds is 5. The molecule has 4 heteroatoms. The van der Waals surface area contributed by atoms with Gasteiger partial charge in [0.1, 0.15) is 11.2 Å². The zero-order valence-electron chi connectivity index (χ0n) is 34.6. The van der Waals surface area contributed by atoms with E-state index in [4.69, 9.17) is 4.42 Å². The van der Waals surface area contributed by atoms with E-state index in [1.807, 2.05) is 0 Å². The van der Waals surface area contributed by atoms with Gasteiger partial charge in [0.2, 0.25) is 0 Å². The Labute approximate surface area is 367 Å². The first kappa shape index (κ1) is 35.0. The Morgan fingerprint density at radius 3 is 1.27 bits per heavy atom. The van der Waals surface area contributed by atoms with Crippen molar-refractivity contribution in [3.8, 4) is 39.3 Å². The SMILES string of the molecule is c1ccc(-c2ccc(-c3cccc4oc5cccc(-n6c7ccccc7c7cc(-n8c9ccccc9c9cc(-n%10c%11ccccc%11c%11ccccc%11%10)ccc98)ccc76)c5c34)cc2)cc1. The summed E-state index contributed by atoms with van der Waals surface area (Å²) in [5, 5.41) is 9.60. The first-order valence-electron chi connectivity index (χ1n) is 21.9. The molecule has 64 heavy (non-hydrogen) atoms. The number of para-hydroxylation sites is 4. The third-order valence-electron chi connectivity index (χ3n) is 13.5. The van der Waals surface area contributed by atoms with Gasteiger partial charge in [0.05, 0.1) is 44.2 Å². The molecule has 0 saturated carbocycles. The summed E-state index contributed by atoms with van der Waals surface area (Å²) in [6.07, 6.45) is 0. The predicted octanol–water partition coefficient (Wildman–Crippen LogP) is 16.2. The normalized spacial score (nSPS) is 12.1. The predicted molar refractivity (Wildman–Crippen MR) is 268 cm³/mol. The second-order valence-electron chi connectivity index (χ2n) is 16.9. The minimum Gasteiger partial charge on any atom is -0.456 e. The number of aromatic nitrogens is 3. The first-order chi connectivity index (χ1) is 31.8. The van der Waals surface area contributed by atoms with Crippen LogP contribution in [-0.4, -0.2) is 13.7 Å². The maximum Gasteiger partial charge on any atom is 0.137 e. The van der Waals surface area contributed by atoms with Crippen LogP contribution in [0.25, 0.3) is 127 Å². The maximum atomic E-state index is 6.68. The van der Waals surface area contributed by atoms with Crippen molar-refractivity contribution in [1.29, 1.82) is 0 Å². The number of furan rings is 1. The van der Waals surface area contributed by atoms with E-state index in [0.29, 0.717) is 0 Å². The highest BCUT2D eigenvalue weighted by Crippen LogP contribution is 2.44. The highest BCUT2D eigenvalue weighted by Gasteiger charge is 2.22. The fourth-order valence-electron chi connectivity index (χ4n) is 10.7. The van der Waals surface area contributed by atoms with Gasteiger partial charge >= 0.3 is 0 Å². The van der Waals surface area contributed by atoms with Crippen LogP contribution >= 0.6 is 0 Å². The lowest BCUT2D eigenvalue weighted by Gasteiger charge is -2.12. The van der Waals surface area contributed by atoms with Crippen molar-refractivity contribution in [1.82, 2.24) is 13.7 Å². The monoisotopic (exact) mass is 815 g/mol. The van der Waals surface area contributed by atoms with E-state index >= 15 is 0 Å². The van der Waals surface area contributed by atoms with Crippen molar-refractivity contribution in [3.63, 3.8) is 0 Å². The standard InChI is InChI=1S/C60H37N3O/c1-2-14-38(15-3-1)39-28-30-40(31-29-39)43-20-12-26-57-59(43)60-56(25-13-27-58(60)64-57)63-53-24-11-7-19-47(53)49-37-42(33-35-55(49)63)62-52-23-10-6-18-46(52)48-36-41(32-34-54(48)62)61-50-21-8-4-16-44(50)45-17-5-9-22-51(45)61/h1-37H. The van der Waals surface area contributed by atoms with E-state index < -0.39 is 0 Å². The maximum absolute atomic E-state index is 6.68. The van der Waals surface area contributed by atoms with E-state index in [-0.39, 0.29) is 0 Å². The zero-order chi connectivity index (χ0) is 41.9. The quantitative estimate of drug-likeness (QED) is 0.170. The van der Waals surface area contributed by atoms with Crippen molar-refractivity contribution in [3.05, 3.63) is 224 Å². The van der Waals surface area contributed by atoms with Gasteiger partial charge < -0.3 is 18.1 Å². The Kier molecular flexibility index (Phi) is 7.36. The molecule has 0 aliphatic rings. The largest absolute Gasteiger partial charge is 0.456 e. The fraction of sp³-hybridized carbons (Fsp3) is 0. The van der Waals surface area contributed by atoms with Crippen LogP contribution in [0.1, 0.15) is 0 Å². The van der Waals surface area contributed by atoms with E-state index in [0.717, 1.165) is 61.2 Å². The molecular weight excluding hydrogens is 779 g/mol. The number of hydrogen-bond donors (Lipinski definition) is 0. The molecule has 0 unspecified atom stereocenters. The fourth-order valence-corrected chi connectivity index (χ4v) is 10.7. The molecule has 0 aliphatic carbocycles. The molecule has 0 saturated heterocycles. The van der Waals surface area contributed by atoms with Gasteiger partial charge in [-0.05, 0) is 101 Å². The molecule has 0 N–H and O–H groups in total. The molecule has 0 radical (unpaired) electrons. The van der Waals surface area contributed by atoms with Crippen LogP contribution in [0.5, 0.6) is 0 Å². The molecule has 14 rings (SSSR count). The topological polar surface area (TPSA) is 27.9 Å². The molecule has 10 aromatic carbocycles. The van der Waals surface area contributed by atoms with Gasteiger partial charge in [-0.15, -0.1) is 0 Å². The third-order valence-corrected chi connectivity index (χ3v) is 13.5. The van der Waals surface area contributed by atoms with Gasteiger partial charge in [0.15, 0.2) is 0 Å². The third kappa shape index (κ3) is 4.99. The van der Waals surface area contributed by atoms with Gasteiger partial charge in [0, 0.05) is 49.1 Å². The summed E-state index contributed by atoms with van der Waals surface area (Å²) in [4.78, 5) is 0. The number of nitrogens with zero attached hydrogens (tertiary/aromatic N) is 3. The highest BCUT2D eigenvalue weighted by atomic mass is 16.3. The molecule has 0 amide bonds. The summed E-state index contributed by atoms with van der Waals surface area (Å²) < 4.78 is 14.0. The minimum atomic E-state index is 0.869. The minimum absolute atomic E-state index is 0.869. The van der Waals surface area contributed by atoms with Gasteiger partial charge in [-0.25, -0.2) is 0 Å². The molecule has 14 aromatic rings. The lowest BCUT2D eigenvalue weighted by atomic mass is 9.96. The molecular formula is C60H37N3O. The van der Waals surface area contributed by atoms with Gasteiger partial charge in [-0.3, -0.25) is 0 Å². The van der Waals surface area contributed by atoms with Gasteiger partial charge in [0.25, 0.3) is 0 Å². The smallest absolute Gasteiger partial charge is 0.137 e. The molecule has 298 valence electrons. The number of fused-ring (bicyclic) bond motifs is 12. The molecule has 0 fully saturated rings. The molecule has 4 nitrogen and oxygen atoms in total. The van der Waals surface area contributed by atoms with Crippen molar-refractivity contribution < 1.29 is 4.42 Å². The van der Waals surface area contributed by atoms with Gasteiger partial charge in [-0.1, -0.05) is 146 Å². The van der Waals surface area contributed by atoms with Crippen molar-refractivity contribution in [2.75, 3.05) is 0 Å². The van der Waals surface area contributed by atoms with Crippen LogP contribution in [-0.2, 0) is 0 Å². The van der Waals surface area contributed by atoms with Crippen LogP contribution < -0.4 is 0 Å². The molecule has 4 aromatic heterocycles. The summed E-state index contributed by atoms with van der Waals surface area (Å²) in [7, 11) is 0. The Balaban J connectivity index is 0.961. The molecule has 0 atom stereocenters. The summed E-state index contributed by atoms with van der Waals surface area (Å²) in [5.74, 6) is 0. The van der Waals surface area contributed by atoms with Crippen LogP contribution in [0, 0.1) is 0 Å². The average Bonchev–Trinajstić information content (AvgIpc) is 4.10. The zero-order valence-corrected chi connectivity index (χ0v) is 34.6. The lowest BCUT2D eigenvalue weighted by Crippen LogP contribution is -1.97. The number of hydrogen-bond acceptors (Lipinski definition) is 1. The number of benzene rings is 10. The average molecular weight is 816 g/mol. The Hall–Kier alpha value is -8.60. The molecule has 4 heterocycles. The highest BCUT2D eigenvalue weighted by molar-refractivity contribution is 6.19. The molecule has 0 bridgehead atoms. The van der Waals surface area contributed by atoms with E-state index in [2.05, 4.69) is 238 Å². The molecule has 0 spiro atoms. The van der Waals surface area contributed by atoms with Crippen LogP contribution in [0.3, 0.4) is 0 Å². The van der Waals surface area contributed by atoms with Crippen LogP contribution in [0.2, 0.25) is 0 Å². The van der Waals surface area contributed by atoms with Crippen molar-refractivity contribution in [2.45, 2.75) is 0 Å². The second-order valence-corrected chi connectivity index (χ2v) is 16.9. The first-order valence-corrected chi connectivity index (χ1v) is 21.9. The molecule has 0 aliphatic heterocycles. The van der Waals surface area contributed by atoms with E-state index in [1.165, 1.54) is 65.5 Å². The van der Waals surface area contributed by atoms with E-state index in [9.17, 15) is 0 Å². The Morgan fingerprint density at radius 2 is 0.688 bits per heavy atom. The van der Waals surface area contributed by atoms with Crippen LogP contribution in [0.4, 0.5) is 0 Å².